The highest BCUT2D eigenvalue weighted by molar-refractivity contribution is 6.30. The van der Waals surface area contributed by atoms with Crippen molar-refractivity contribution in [1.29, 1.82) is 0 Å². The van der Waals surface area contributed by atoms with Gasteiger partial charge < -0.3 is 20.9 Å². The van der Waals surface area contributed by atoms with Gasteiger partial charge in [0.1, 0.15) is 12.0 Å². The second-order valence-corrected chi connectivity index (χ2v) is 8.13. The lowest BCUT2D eigenvalue weighted by atomic mass is 9.97. The molecule has 0 spiro atoms. The Morgan fingerprint density at radius 3 is 2.66 bits per heavy atom. The first-order valence-corrected chi connectivity index (χ1v) is 10.9. The molecule has 1 fully saturated rings. The first kappa shape index (κ1) is 19.8. The number of nitrogen functional groups attached to an aromatic ring is 1. The van der Waals surface area contributed by atoms with Crippen molar-refractivity contribution in [2.24, 2.45) is 0 Å². The van der Waals surface area contributed by atoms with E-state index in [1.54, 1.807) is 11.9 Å². The van der Waals surface area contributed by atoms with Crippen molar-refractivity contribution in [3.05, 3.63) is 47.3 Å². The average Bonchev–Trinajstić information content (AvgIpc) is 2.76. The number of nitrogens with zero attached hydrogens (tertiary/aromatic N) is 4. The normalized spacial score (nSPS) is 17.2. The van der Waals surface area contributed by atoms with Gasteiger partial charge in [-0.05, 0) is 50.3 Å². The Kier molecular flexibility index (Phi) is 6.39. The number of rotatable bonds is 6. The smallest absolute Gasteiger partial charge is 0.157 e. The molecule has 0 amide bonds. The summed E-state index contributed by atoms with van der Waals surface area (Å²) in [6.45, 7) is 4.39. The highest BCUT2D eigenvalue weighted by Crippen LogP contribution is 2.29. The summed E-state index contributed by atoms with van der Waals surface area (Å²) < 4.78 is 0. The molecule has 2 heterocycles. The van der Waals surface area contributed by atoms with E-state index in [0.29, 0.717) is 5.69 Å². The second kappa shape index (κ2) is 9.35. The molecule has 1 aliphatic heterocycles. The SMILES string of the molecule is Nc1c(NCCC2=CCCCC2)ncnc1N1CCN(c2cccc(Cl)c2)CC1. The minimum Gasteiger partial charge on any atom is -0.393 e. The van der Waals surface area contributed by atoms with Gasteiger partial charge in [-0.25, -0.2) is 9.97 Å². The van der Waals surface area contributed by atoms with Crippen LogP contribution < -0.4 is 20.9 Å². The van der Waals surface area contributed by atoms with Gasteiger partial charge in [-0.1, -0.05) is 29.3 Å². The molecule has 3 N–H and O–H groups in total. The quantitative estimate of drug-likeness (QED) is 0.687. The van der Waals surface area contributed by atoms with Crippen molar-refractivity contribution >= 4 is 34.6 Å². The Labute approximate surface area is 177 Å². The number of piperazine rings is 1. The third-order valence-electron chi connectivity index (χ3n) is 5.74. The minimum absolute atomic E-state index is 0.640. The predicted molar refractivity (Wildman–Crippen MR) is 122 cm³/mol. The van der Waals surface area contributed by atoms with Crippen LogP contribution in [0.1, 0.15) is 32.1 Å². The van der Waals surface area contributed by atoms with Gasteiger partial charge in [0, 0.05) is 43.4 Å². The number of anilines is 4. The summed E-state index contributed by atoms with van der Waals surface area (Å²) in [7, 11) is 0. The molecule has 1 aromatic heterocycles. The molecule has 0 radical (unpaired) electrons. The van der Waals surface area contributed by atoms with Crippen LogP contribution in [0.3, 0.4) is 0 Å². The zero-order chi connectivity index (χ0) is 20.1. The maximum Gasteiger partial charge on any atom is 0.157 e. The minimum atomic E-state index is 0.640. The fourth-order valence-electron chi connectivity index (χ4n) is 4.10. The fourth-order valence-corrected chi connectivity index (χ4v) is 4.29. The van der Waals surface area contributed by atoms with Gasteiger partial charge in [-0.3, -0.25) is 0 Å². The van der Waals surface area contributed by atoms with Gasteiger partial charge in [-0.2, -0.15) is 0 Å². The summed E-state index contributed by atoms with van der Waals surface area (Å²) in [6.07, 6.45) is 10.1. The van der Waals surface area contributed by atoms with Crippen LogP contribution in [0, 0.1) is 0 Å². The van der Waals surface area contributed by atoms with E-state index in [1.807, 2.05) is 18.2 Å². The Morgan fingerprint density at radius 1 is 1.07 bits per heavy atom. The summed E-state index contributed by atoms with van der Waals surface area (Å²) in [5.74, 6) is 1.56. The number of allylic oxidation sites excluding steroid dienone is 1. The molecule has 1 aliphatic carbocycles. The van der Waals surface area contributed by atoms with E-state index in [9.17, 15) is 0 Å². The van der Waals surface area contributed by atoms with Gasteiger partial charge in [0.25, 0.3) is 0 Å². The Hall–Kier alpha value is -2.47. The number of nitrogens with two attached hydrogens (primary N) is 1. The average molecular weight is 413 g/mol. The summed E-state index contributed by atoms with van der Waals surface area (Å²) in [6, 6.07) is 8.01. The number of halogens is 1. The van der Waals surface area contributed by atoms with Crippen LogP contribution in [0.2, 0.25) is 5.02 Å². The molecule has 2 aliphatic rings. The van der Waals surface area contributed by atoms with Crippen LogP contribution in [-0.4, -0.2) is 42.7 Å². The van der Waals surface area contributed by atoms with E-state index in [4.69, 9.17) is 17.3 Å². The number of nitrogens with one attached hydrogen (secondary N) is 1. The van der Waals surface area contributed by atoms with Gasteiger partial charge >= 0.3 is 0 Å². The van der Waals surface area contributed by atoms with Gasteiger partial charge in [0.15, 0.2) is 11.6 Å². The molecule has 4 rings (SSSR count). The fraction of sp³-hybridized carbons (Fsp3) is 0.455. The molecule has 1 aromatic carbocycles. The van der Waals surface area contributed by atoms with Crippen molar-refractivity contribution in [3.63, 3.8) is 0 Å². The molecule has 154 valence electrons. The lowest BCUT2D eigenvalue weighted by Crippen LogP contribution is -2.47. The maximum atomic E-state index is 6.42. The molecule has 7 heteroatoms. The van der Waals surface area contributed by atoms with Gasteiger partial charge in [-0.15, -0.1) is 0 Å². The van der Waals surface area contributed by atoms with Crippen LogP contribution in [0.25, 0.3) is 0 Å². The molecule has 1 saturated heterocycles. The highest BCUT2D eigenvalue weighted by Gasteiger charge is 2.21. The first-order valence-electron chi connectivity index (χ1n) is 10.5. The molecule has 2 aromatic rings. The molecule has 6 nitrogen and oxygen atoms in total. The molecular weight excluding hydrogens is 384 g/mol. The number of benzene rings is 1. The Balaban J connectivity index is 1.35. The van der Waals surface area contributed by atoms with E-state index in [0.717, 1.165) is 61.5 Å². The molecule has 0 atom stereocenters. The van der Waals surface area contributed by atoms with Crippen molar-refractivity contribution in [1.82, 2.24) is 9.97 Å². The summed E-state index contributed by atoms with van der Waals surface area (Å²) in [4.78, 5) is 13.4. The van der Waals surface area contributed by atoms with Crippen LogP contribution in [0.15, 0.2) is 42.2 Å². The van der Waals surface area contributed by atoms with Gasteiger partial charge in [0.2, 0.25) is 0 Å². The van der Waals surface area contributed by atoms with E-state index < -0.39 is 0 Å². The molecular formula is C22H29ClN6. The number of hydrogen-bond donors (Lipinski definition) is 2. The van der Waals surface area contributed by atoms with Crippen molar-refractivity contribution < 1.29 is 0 Å². The second-order valence-electron chi connectivity index (χ2n) is 7.70. The third kappa shape index (κ3) is 4.93. The number of aromatic nitrogens is 2. The monoisotopic (exact) mass is 412 g/mol. The lowest BCUT2D eigenvalue weighted by molar-refractivity contribution is 0.647. The molecule has 0 unspecified atom stereocenters. The van der Waals surface area contributed by atoms with E-state index >= 15 is 0 Å². The zero-order valence-electron chi connectivity index (χ0n) is 16.8. The van der Waals surface area contributed by atoms with E-state index in [1.165, 1.54) is 25.7 Å². The van der Waals surface area contributed by atoms with Gasteiger partial charge in [0.05, 0.1) is 0 Å². The van der Waals surface area contributed by atoms with Crippen LogP contribution in [0.4, 0.5) is 23.0 Å². The maximum absolute atomic E-state index is 6.42. The summed E-state index contributed by atoms with van der Waals surface area (Å²) >= 11 is 6.14. The highest BCUT2D eigenvalue weighted by atomic mass is 35.5. The Morgan fingerprint density at radius 2 is 1.90 bits per heavy atom. The largest absolute Gasteiger partial charge is 0.393 e. The predicted octanol–water partition coefficient (Wildman–Crippen LogP) is 4.34. The standard InChI is InChI=1S/C22H29ClN6/c23-18-7-4-8-19(15-18)28-11-13-29(14-12-28)22-20(24)21(26-16-27-22)25-10-9-17-5-2-1-3-6-17/h4-5,7-8,15-16H,1-3,6,9-14,24H2,(H,25,26,27). The van der Waals surface area contributed by atoms with Crippen molar-refractivity contribution in [2.45, 2.75) is 32.1 Å². The van der Waals surface area contributed by atoms with Crippen LogP contribution >= 0.6 is 11.6 Å². The van der Waals surface area contributed by atoms with Crippen molar-refractivity contribution in [3.8, 4) is 0 Å². The summed E-state index contributed by atoms with van der Waals surface area (Å²) in [5, 5.41) is 4.18. The van der Waals surface area contributed by atoms with E-state index in [2.05, 4.69) is 37.2 Å². The third-order valence-corrected chi connectivity index (χ3v) is 5.97. The number of hydrogen-bond acceptors (Lipinski definition) is 6. The zero-order valence-corrected chi connectivity index (χ0v) is 17.5. The summed E-state index contributed by atoms with van der Waals surface area (Å²) in [5.41, 5.74) is 9.77. The molecule has 29 heavy (non-hydrogen) atoms. The van der Waals surface area contributed by atoms with Crippen LogP contribution in [-0.2, 0) is 0 Å². The van der Waals surface area contributed by atoms with E-state index in [-0.39, 0.29) is 0 Å². The topological polar surface area (TPSA) is 70.3 Å². The first-order chi connectivity index (χ1) is 14.2. The lowest BCUT2D eigenvalue weighted by Gasteiger charge is -2.37. The van der Waals surface area contributed by atoms with Crippen LogP contribution in [0.5, 0.6) is 0 Å². The van der Waals surface area contributed by atoms with Crippen molar-refractivity contribution in [2.75, 3.05) is 53.6 Å². The molecule has 0 saturated carbocycles. The Bertz CT molecular complexity index is 860. The molecule has 0 bridgehead atoms.